The molecule has 0 amide bonds. The van der Waals surface area contributed by atoms with Crippen LogP contribution in [0.1, 0.15) is 30.1 Å². The summed E-state index contributed by atoms with van der Waals surface area (Å²) in [5, 5.41) is 10.1. The standard InChI is InChI=1S/C13H15FO2/c1-9-4-5-11(14)7-12(9)13(15)10-3-2-6-16-8-10/h4-5,7-8,13,15H,2-3,6H2,1H3. The van der Waals surface area contributed by atoms with Gasteiger partial charge in [-0.05, 0) is 48.6 Å². The molecule has 0 aliphatic carbocycles. The van der Waals surface area contributed by atoms with Crippen molar-refractivity contribution in [3.8, 4) is 0 Å². The minimum atomic E-state index is -0.754. The first-order valence-electron chi connectivity index (χ1n) is 5.43. The summed E-state index contributed by atoms with van der Waals surface area (Å²) in [5.41, 5.74) is 2.33. The second-order valence-corrected chi connectivity index (χ2v) is 4.07. The number of rotatable bonds is 2. The van der Waals surface area contributed by atoms with Gasteiger partial charge in [0.15, 0.2) is 0 Å². The molecule has 2 rings (SSSR count). The van der Waals surface area contributed by atoms with Gasteiger partial charge in [0.1, 0.15) is 11.9 Å². The van der Waals surface area contributed by atoms with E-state index in [0.717, 1.165) is 24.0 Å². The summed E-state index contributed by atoms with van der Waals surface area (Å²) in [7, 11) is 0. The normalized spacial score (nSPS) is 17.6. The van der Waals surface area contributed by atoms with Gasteiger partial charge >= 0.3 is 0 Å². The predicted octanol–water partition coefficient (Wildman–Crippen LogP) is 2.86. The maximum Gasteiger partial charge on any atom is 0.123 e. The quantitative estimate of drug-likeness (QED) is 0.833. The third-order valence-corrected chi connectivity index (χ3v) is 2.85. The fraction of sp³-hybridized carbons (Fsp3) is 0.385. The minimum Gasteiger partial charge on any atom is -0.501 e. The van der Waals surface area contributed by atoms with Gasteiger partial charge < -0.3 is 9.84 Å². The van der Waals surface area contributed by atoms with Crippen LogP contribution in [0.4, 0.5) is 4.39 Å². The molecule has 0 saturated carbocycles. The summed E-state index contributed by atoms with van der Waals surface area (Å²) in [5.74, 6) is -0.322. The molecule has 1 atom stereocenters. The zero-order valence-corrected chi connectivity index (χ0v) is 9.24. The Kier molecular flexibility index (Phi) is 3.25. The van der Waals surface area contributed by atoms with Crippen LogP contribution in [0.5, 0.6) is 0 Å². The molecule has 86 valence electrons. The van der Waals surface area contributed by atoms with Crippen LogP contribution in [0, 0.1) is 12.7 Å². The highest BCUT2D eigenvalue weighted by Crippen LogP contribution is 2.29. The van der Waals surface area contributed by atoms with Gasteiger partial charge in [0, 0.05) is 0 Å². The molecule has 1 aromatic rings. The summed E-state index contributed by atoms with van der Waals surface area (Å²) in [6.07, 6.45) is 2.54. The molecule has 0 spiro atoms. The van der Waals surface area contributed by atoms with Gasteiger partial charge in [-0.15, -0.1) is 0 Å². The largest absolute Gasteiger partial charge is 0.501 e. The number of ether oxygens (including phenoxy) is 1. The average molecular weight is 222 g/mol. The second-order valence-electron chi connectivity index (χ2n) is 4.07. The maximum absolute atomic E-state index is 13.1. The van der Waals surface area contributed by atoms with Gasteiger partial charge in [0.05, 0.1) is 12.9 Å². The molecule has 0 radical (unpaired) electrons. The molecule has 1 unspecified atom stereocenters. The van der Waals surface area contributed by atoms with E-state index < -0.39 is 6.10 Å². The Labute approximate surface area is 94.4 Å². The third kappa shape index (κ3) is 2.25. The van der Waals surface area contributed by atoms with Gasteiger partial charge in [-0.1, -0.05) is 6.07 Å². The topological polar surface area (TPSA) is 29.5 Å². The van der Waals surface area contributed by atoms with Gasteiger partial charge in [-0.2, -0.15) is 0 Å². The van der Waals surface area contributed by atoms with Crippen molar-refractivity contribution in [3.63, 3.8) is 0 Å². The molecular weight excluding hydrogens is 207 g/mol. The summed E-state index contributed by atoms with van der Waals surface area (Å²) < 4.78 is 18.3. The zero-order valence-electron chi connectivity index (χ0n) is 9.24. The molecule has 2 nitrogen and oxygen atoms in total. The number of halogens is 1. The molecule has 1 aliphatic heterocycles. The molecule has 3 heteroatoms. The Morgan fingerprint density at radius 1 is 1.44 bits per heavy atom. The van der Waals surface area contributed by atoms with Crippen molar-refractivity contribution >= 4 is 0 Å². The lowest BCUT2D eigenvalue weighted by Crippen LogP contribution is -2.09. The minimum absolute atomic E-state index is 0.322. The van der Waals surface area contributed by atoms with Crippen LogP contribution in [0.2, 0.25) is 0 Å². The Balaban J connectivity index is 2.29. The van der Waals surface area contributed by atoms with Gasteiger partial charge in [-0.3, -0.25) is 0 Å². The summed E-state index contributed by atoms with van der Waals surface area (Å²) in [4.78, 5) is 0. The van der Waals surface area contributed by atoms with Crippen molar-refractivity contribution in [1.29, 1.82) is 0 Å². The van der Waals surface area contributed by atoms with Crippen LogP contribution in [0.3, 0.4) is 0 Å². The van der Waals surface area contributed by atoms with Crippen molar-refractivity contribution in [2.75, 3.05) is 6.61 Å². The molecule has 1 heterocycles. The highest BCUT2D eigenvalue weighted by Gasteiger charge is 2.18. The summed E-state index contributed by atoms with van der Waals surface area (Å²) in [6.45, 7) is 2.56. The smallest absolute Gasteiger partial charge is 0.123 e. The Bertz CT molecular complexity index is 412. The van der Waals surface area contributed by atoms with Crippen LogP contribution in [0.15, 0.2) is 30.0 Å². The molecule has 16 heavy (non-hydrogen) atoms. The predicted molar refractivity (Wildman–Crippen MR) is 59.4 cm³/mol. The molecule has 1 aromatic carbocycles. The van der Waals surface area contributed by atoms with E-state index in [2.05, 4.69) is 0 Å². The first-order chi connectivity index (χ1) is 7.68. The number of aryl methyl sites for hydroxylation is 1. The van der Waals surface area contributed by atoms with Gasteiger partial charge in [0.25, 0.3) is 0 Å². The van der Waals surface area contributed by atoms with Crippen molar-refractivity contribution < 1.29 is 14.2 Å². The number of benzene rings is 1. The third-order valence-electron chi connectivity index (χ3n) is 2.85. The first-order valence-corrected chi connectivity index (χ1v) is 5.43. The van der Waals surface area contributed by atoms with Crippen molar-refractivity contribution in [2.45, 2.75) is 25.9 Å². The van der Waals surface area contributed by atoms with E-state index in [9.17, 15) is 9.50 Å². The lowest BCUT2D eigenvalue weighted by Gasteiger charge is -2.20. The van der Waals surface area contributed by atoms with E-state index in [4.69, 9.17) is 4.74 Å². The van der Waals surface area contributed by atoms with Crippen molar-refractivity contribution in [1.82, 2.24) is 0 Å². The Morgan fingerprint density at radius 2 is 2.25 bits per heavy atom. The number of hydrogen-bond acceptors (Lipinski definition) is 2. The fourth-order valence-electron chi connectivity index (χ4n) is 1.89. The van der Waals surface area contributed by atoms with Crippen LogP contribution in [0.25, 0.3) is 0 Å². The van der Waals surface area contributed by atoms with E-state index in [1.165, 1.54) is 12.1 Å². The lowest BCUT2D eigenvalue weighted by atomic mass is 9.95. The summed E-state index contributed by atoms with van der Waals surface area (Å²) in [6, 6.07) is 4.46. The average Bonchev–Trinajstić information content (AvgIpc) is 2.32. The van der Waals surface area contributed by atoms with E-state index in [1.807, 2.05) is 6.92 Å². The van der Waals surface area contributed by atoms with Crippen LogP contribution in [-0.2, 0) is 4.74 Å². The highest BCUT2D eigenvalue weighted by molar-refractivity contribution is 5.33. The van der Waals surface area contributed by atoms with Gasteiger partial charge in [0.2, 0.25) is 0 Å². The van der Waals surface area contributed by atoms with Crippen LogP contribution < -0.4 is 0 Å². The fourth-order valence-corrected chi connectivity index (χ4v) is 1.89. The number of aliphatic hydroxyl groups is 1. The molecule has 1 N–H and O–H groups in total. The highest BCUT2D eigenvalue weighted by atomic mass is 19.1. The van der Waals surface area contributed by atoms with Crippen LogP contribution >= 0.6 is 0 Å². The molecule has 0 aromatic heterocycles. The SMILES string of the molecule is Cc1ccc(F)cc1C(O)C1=COCCC1. The molecule has 0 bridgehead atoms. The van der Waals surface area contributed by atoms with Gasteiger partial charge in [-0.25, -0.2) is 4.39 Å². The monoisotopic (exact) mass is 222 g/mol. The van der Waals surface area contributed by atoms with E-state index in [0.29, 0.717) is 12.2 Å². The second kappa shape index (κ2) is 4.66. The number of aliphatic hydroxyl groups excluding tert-OH is 1. The Hall–Kier alpha value is -1.35. The van der Waals surface area contributed by atoms with E-state index >= 15 is 0 Å². The molecule has 0 saturated heterocycles. The first kappa shape index (κ1) is 11.1. The lowest BCUT2D eigenvalue weighted by molar-refractivity contribution is 0.170. The van der Waals surface area contributed by atoms with E-state index in [-0.39, 0.29) is 5.82 Å². The van der Waals surface area contributed by atoms with Crippen molar-refractivity contribution in [3.05, 3.63) is 47.0 Å². The van der Waals surface area contributed by atoms with E-state index in [1.54, 1.807) is 12.3 Å². The Morgan fingerprint density at radius 3 is 2.94 bits per heavy atom. The molecular formula is C13H15FO2. The summed E-state index contributed by atoms with van der Waals surface area (Å²) >= 11 is 0. The number of hydrogen-bond donors (Lipinski definition) is 1. The molecule has 0 fully saturated rings. The van der Waals surface area contributed by atoms with Crippen molar-refractivity contribution in [2.24, 2.45) is 0 Å². The maximum atomic E-state index is 13.1. The zero-order chi connectivity index (χ0) is 11.5. The van der Waals surface area contributed by atoms with Crippen LogP contribution in [-0.4, -0.2) is 11.7 Å². The molecule has 1 aliphatic rings.